The number of imide groups is 1. The fourth-order valence-electron chi connectivity index (χ4n) is 2.48. The Morgan fingerprint density at radius 1 is 1.00 bits per heavy atom. The van der Waals surface area contributed by atoms with Crippen LogP contribution >= 0.6 is 11.8 Å². The topological polar surface area (TPSA) is 37.4 Å². The lowest BCUT2D eigenvalue weighted by Crippen LogP contribution is -2.31. The Labute approximate surface area is 138 Å². The summed E-state index contributed by atoms with van der Waals surface area (Å²) in [6, 6.07) is 13.8. The van der Waals surface area contributed by atoms with Crippen LogP contribution in [0, 0.1) is 12.7 Å². The van der Waals surface area contributed by atoms with Gasteiger partial charge in [-0.3, -0.25) is 14.5 Å². The van der Waals surface area contributed by atoms with Gasteiger partial charge >= 0.3 is 0 Å². The van der Waals surface area contributed by atoms with Crippen LogP contribution < -0.4 is 0 Å². The minimum absolute atomic E-state index is 0.176. The zero-order valence-corrected chi connectivity index (χ0v) is 13.5. The summed E-state index contributed by atoms with van der Waals surface area (Å²) in [6.45, 7) is 2.29. The maximum absolute atomic E-state index is 12.9. The fraction of sp³-hybridized carbons (Fsp3) is 0.222. The normalized spacial score (nSPS) is 17.8. The van der Waals surface area contributed by atoms with Gasteiger partial charge in [-0.05, 0) is 36.6 Å². The summed E-state index contributed by atoms with van der Waals surface area (Å²) in [5.74, 6) is -0.485. The van der Waals surface area contributed by atoms with Crippen LogP contribution in [0.3, 0.4) is 0 Å². The first-order valence-corrected chi connectivity index (χ1v) is 8.23. The third kappa shape index (κ3) is 3.62. The van der Waals surface area contributed by atoms with Crippen LogP contribution in [0.5, 0.6) is 0 Å². The molecule has 3 rings (SSSR count). The van der Waals surface area contributed by atoms with Gasteiger partial charge in [0.25, 0.3) is 5.24 Å². The van der Waals surface area contributed by atoms with Gasteiger partial charge in [0.2, 0.25) is 5.91 Å². The van der Waals surface area contributed by atoms with Crippen LogP contribution in [0.15, 0.2) is 48.5 Å². The molecule has 1 saturated heterocycles. The molecule has 1 heterocycles. The van der Waals surface area contributed by atoms with Crippen molar-refractivity contribution in [2.45, 2.75) is 25.1 Å². The van der Waals surface area contributed by atoms with Gasteiger partial charge in [-0.25, -0.2) is 4.39 Å². The number of nitrogens with zero attached hydrogens (tertiary/aromatic N) is 1. The fourth-order valence-corrected chi connectivity index (χ4v) is 3.51. The number of hydrogen-bond acceptors (Lipinski definition) is 3. The molecule has 0 aliphatic carbocycles. The summed E-state index contributed by atoms with van der Waals surface area (Å²) in [5, 5.41) is -0.652. The summed E-state index contributed by atoms with van der Waals surface area (Å²) in [6.07, 6.45) is 0.430. The number of carbonyl (C=O) groups excluding carboxylic acids is 2. The lowest BCUT2D eigenvalue weighted by molar-refractivity contribution is -0.127. The number of halogens is 1. The van der Waals surface area contributed by atoms with E-state index in [1.54, 1.807) is 12.1 Å². The molecule has 5 heteroatoms. The van der Waals surface area contributed by atoms with Crippen molar-refractivity contribution < 1.29 is 14.0 Å². The molecule has 23 heavy (non-hydrogen) atoms. The van der Waals surface area contributed by atoms with Gasteiger partial charge in [0.1, 0.15) is 5.82 Å². The predicted molar refractivity (Wildman–Crippen MR) is 88.6 cm³/mol. The second-order valence-corrected chi connectivity index (χ2v) is 6.77. The van der Waals surface area contributed by atoms with Gasteiger partial charge in [-0.1, -0.05) is 53.7 Å². The SMILES string of the molecule is Cc1ccc(CN2C(=O)S[C@H](Cc3ccc(F)cc3)C2=O)cc1. The molecule has 0 bridgehead atoms. The van der Waals surface area contributed by atoms with E-state index in [0.717, 1.165) is 28.5 Å². The standard InChI is InChI=1S/C18H16FNO2S/c1-12-2-4-14(5-3-12)11-20-17(21)16(23-18(20)22)10-13-6-8-15(19)9-7-13/h2-9,16H,10-11H2,1H3/t16-/m1/s1. The van der Waals surface area contributed by atoms with Crippen molar-refractivity contribution in [1.29, 1.82) is 0 Å². The first kappa shape index (κ1) is 15.7. The van der Waals surface area contributed by atoms with Crippen LogP contribution in [0.2, 0.25) is 0 Å². The van der Waals surface area contributed by atoms with E-state index < -0.39 is 5.25 Å². The zero-order valence-electron chi connectivity index (χ0n) is 12.7. The Bertz CT molecular complexity index is 728. The zero-order chi connectivity index (χ0) is 16.4. The van der Waals surface area contributed by atoms with Crippen molar-refractivity contribution in [3.63, 3.8) is 0 Å². The number of hydrogen-bond donors (Lipinski definition) is 0. The number of amides is 2. The third-order valence-corrected chi connectivity index (χ3v) is 4.88. The molecule has 1 aliphatic rings. The number of aryl methyl sites for hydroxylation is 1. The molecule has 2 aromatic carbocycles. The van der Waals surface area contributed by atoms with E-state index in [0.29, 0.717) is 13.0 Å². The van der Waals surface area contributed by atoms with Crippen molar-refractivity contribution in [2.24, 2.45) is 0 Å². The van der Waals surface area contributed by atoms with Crippen molar-refractivity contribution in [1.82, 2.24) is 4.90 Å². The Hall–Kier alpha value is -2.14. The molecule has 0 N–H and O–H groups in total. The highest BCUT2D eigenvalue weighted by Gasteiger charge is 2.39. The molecule has 1 fully saturated rings. The van der Waals surface area contributed by atoms with Crippen LogP contribution in [-0.4, -0.2) is 21.3 Å². The molecule has 118 valence electrons. The number of thioether (sulfide) groups is 1. The maximum atomic E-state index is 12.9. The number of benzene rings is 2. The maximum Gasteiger partial charge on any atom is 0.289 e. The Morgan fingerprint density at radius 2 is 1.61 bits per heavy atom. The van der Waals surface area contributed by atoms with E-state index in [-0.39, 0.29) is 17.0 Å². The van der Waals surface area contributed by atoms with Crippen molar-refractivity contribution >= 4 is 22.9 Å². The van der Waals surface area contributed by atoms with Gasteiger partial charge in [0.15, 0.2) is 0 Å². The van der Waals surface area contributed by atoms with Gasteiger partial charge in [0.05, 0.1) is 11.8 Å². The molecule has 0 unspecified atom stereocenters. The smallest absolute Gasteiger partial charge is 0.273 e. The Balaban J connectivity index is 1.69. The first-order chi connectivity index (χ1) is 11.0. The van der Waals surface area contributed by atoms with Gasteiger partial charge in [-0.2, -0.15) is 0 Å². The second-order valence-electron chi connectivity index (χ2n) is 5.61. The summed E-state index contributed by atoms with van der Waals surface area (Å²) < 4.78 is 12.9. The highest BCUT2D eigenvalue weighted by atomic mass is 32.2. The number of carbonyl (C=O) groups is 2. The second kappa shape index (κ2) is 6.54. The van der Waals surface area contributed by atoms with Crippen molar-refractivity contribution in [3.8, 4) is 0 Å². The molecule has 0 saturated carbocycles. The monoisotopic (exact) mass is 329 g/mol. The molecule has 1 aliphatic heterocycles. The third-order valence-electron chi connectivity index (χ3n) is 3.80. The van der Waals surface area contributed by atoms with E-state index >= 15 is 0 Å². The van der Waals surface area contributed by atoms with Crippen LogP contribution in [0.4, 0.5) is 9.18 Å². The molecule has 1 atom stereocenters. The molecule has 2 aromatic rings. The molecular weight excluding hydrogens is 313 g/mol. The van der Waals surface area contributed by atoms with E-state index in [4.69, 9.17) is 0 Å². The molecule has 2 amide bonds. The minimum atomic E-state index is -0.432. The van der Waals surface area contributed by atoms with Gasteiger partial charge in [-0.15, -0.1) is 0 Å². The molecule has 0 spiro atoms. The average molecular weight is 329 g/mol. The Kier molecular flexibility index (Phi) is 4.48. The van der Waals surface area contributed by atoms with E-state index in [1.165, 1.54) is 17.0 Å². The predicted octanol–water partition coefficient (Wildman–Crippen LogP) is 3.94. The quantitative estimate of drug-likeness (QED) is 0.852. The summed E-state index contributed by atoms with van der Waals surface area (Å²) in [7, 11) is 0. The average Bonchev–Trinajstić information content (AvgIpc) is 2.79. The van der Waals surface area contributed by atoms with Crippen molar-refractivity contribution in [3.05, 3.63) is 71.0 Å². The lowest BCUT2D eigenvalue weighted by atomic mass is 10.1. The Morgan fingerprint density at radius 3 is 2.26 bits per heavy atom. The largest absolute Gasteiger partial charge is 0.289 e. The minimum Gasteiger partial charge on any atom is -0.273 e. The molecule has 0 radical (unpaired) electrons. The highest BCUT2D eigenvalue weighted by molar-refractivity contribution is 8.15. The van der Waals surface area contributed by atoms with E-state index in [2.05, 4.69) is 0 Å². The van der Waals surface area contributed by atoms with E-state index in [9.17, 15) is 14.0 Å². The molecular formula is C18H16FNO2S. The van der Waals surface area contributed by atoms with E-state index in [1.807, 2.05) is 31.2 Å². The van der Waals surface area contributed by atoms with Gasteiger partial charge in [0, 0.05) is 0 Å². The van der Waals surface area contributed by atoms with Crippen LogP contribution in [0.1, 0.15) is 16.7 Å². The molecule has 0 aromatic heterocycles. The van der Waals surface area contributed by atoms with Crippen LogP contribution in [0.25, 0.3) is 0 Å². The van der Waals surface area contributed by atoms with Crippen molar-refractivity contribution in [2.75, 3.05) is 0 Å². The summed E-state index contributed by atoms with van der Waals surface area (Å²) in [4.78, 5) is 25.9. The summed E-state index contributed by atoms with van der Waals surface area (Å²) in [5.41, 5.74) is 2.92. The lowest BCUT2D eigenvalue weighted by Gasteiger charge is -2.14. The van der Waals surface area contributed by atoms with Gasteiger partial charge < -0.3 is 0 Å². The molecule has 3 nitrogen and oxygen atoms in total. The first-order valence-electron chi connectivity index (χ1n) is 7.35. The number of rotatable bonds is 4. The highest BCUT2D eigenvalue weighted by Crippen LogP contribution is 2.30. The van der Waals surface area contributed by atoms with Crippen LogP contribution in [-0.2, 0) is 17.8 Å². The summed E-state index contributed by atoms with van der Waals surface area (Å²) >= 11 is 1.05.